The average molecular weight is 338 g/mol. The van der Waals surface area contributed by atoms with Crippen molar-refractivity contribution in [3.05, 3.63) is 29.8 Å². The predicted octanol–water partition coefficient (Wildman–Crippen LogP) is 4.42. The molecule has 0 aliphatic heterocycles. The highest BCUT2D eigenvalue weighted by Crippen LogP contribution is 2.21. The van der Waals surface area contributed by atoms with Gasteiger partial charge >= 0.3 is 0 Å². The lowest BCUT2D eigenvalue weighted by Crippen LogP contribution is -2.33. The van der Waals surface area contributed by atoms with Gasteiger partial charge in [0.25, 0.3) is 0 Å². The van der Waals surface area contributed by atoms with Gasteiger partial charge in [-0.3, -0.25) is 0 Å². The number of hydrogen-bond acceptors (Lipinski definition) is 4. The van der Waals surface area contributed by atoms with Crippen molar-refractivity contribution in [2.75, 3.05) is 6.61 Å². The standard InChI is InChI=1S/C20H34O4/c1-4-5-6-7-8-9-10-18-11-13-19(14-12-18)24-20(3,22)15-16-23-17(2)21/h11-14,17,21-22H,4-10,15-16H2,1-3H3. The van der Waals surface area contributed by atoms with Crippen LogP contribution in [0.4, 0.5) is 0 Å². The van der Waals surface area contributed by atoms with Gasteiger partial charge in [-0.25, -0.2) is 0 Å². The minimum Gasteiger partial charge on any atom is -0.463 e. The van der Waals surface area contributed by atoms with Gasteiger partial charge in [0, 0.05) is 13.3 Å². The highest BCUT2D eigenvalue weighted by molar-refractivity contribution is 5.27. The molecule has 2 atom stereocenters. The fraction of sp³-hybridized carbons (Fsp3) is 0.700. The van der Waals surface area contributed by atoms with E-state index in [2.05, 4.69) is 19.1 Å². The molecule has 0 fully saturated rings. The molecule has 0 aromatic heterocycles. The van der Waals surface area contributed by atoms with Crippen LogP contribution in [0.1, 0.15) is 71.3 Å². The Hall–Kier alpha value is -1.10. The van der Waals surface area contributed by atoms with E-state index in [-0.39, 0.29) is 13.0 Å². The van der Waals surface area contributed by atoms with E-state index in [1.165, 1.54) is 51.0 Å². The number of unbranched alkanes of at least 4 members (excludes halogenated alkanes) is 5. The first-order valence-corrected chi connectivity index (χ1v) is 9.23. The Labute approximate surface area is 146 Å². The molecule has 1 rings (SSSR count). The van der Waals surface area contributed by atoms with Gasteiger partial charge in [-0.1, -0.05) is 51.2 Å². The van der Waals surface area contributed by atoms with E-state index in [9.17, 15) is 5.11 Å². The average Bonchev–Trinajstić information content (AvgIpc) is 2.51. The molecule has 0 heterocycles. The molecule has 0 saturated heterocycles. The molecule has 138 valence electrons. The number of ether oxygens (including phenoxy) is 2. The smallest absolute Gasteiger partial charge is 0.207 e. The quantitative estimate of drug-likeness (QED) is 0.413. The molecule has 4 nitrogen and oxygen atoms in total. The molecule has 24 heavy (non-hydrogen) atoms. The molecule has 0 radical (unpaired) electrons. The van der Waals surface area contributed by atoms with Crippen LogP contribution in [-0.4, -0.2) is 28.9 Å². The third-order valence-electron chi connectivity index (χ3n) is 4.01. The largest absolute Gasteiger partial charge is 0.463 e. The molecule has 0 amide bonds. The van der Waals surface area contributed by atoms with E-state index in [4.69, 9.17) is 14.6 Å². The van der Waals surface area contributed by atoms with Crippen molar-refractivity contribution < 1.29 is 19.7 Å². The van der Waals surface area contributed by atoms with Gasteiger partial charge in [-0.15, -0.1) is 0 Å². The summed E-state index contributed by atoms with van der Waals surface area (Å²) in [4.78, 5) is 0. The summed E-state index contributed by atoms with van der Waals surface area (Å²) in [6, 6.07) is 7.92. The first kappa shape index (κ1) is 20.9. The Morgan fingerprint density at radius 3 is 2.29 bits per heavy atom. The van der Waals surface area contributed by atoms with Crippen LogP contribution in [-0.2, 0) is 11.2 Å². The van der Waals surface area contributed by atoms with Crippen LogP contribution in [0.3, 0.4) is 0 Å². The number of aliphatic hydroxyl groups is 2. The summed E-state index contributed by atoms with van der Waals surface area (Å²) in [6.07, 6.45) is 8.35. The maximum atomic E-state index is 10.2. The number of aliphatic hydroxyl groups excluding tert-OH is 1. The lowest BCUT2D eigenvalue weighted by atomic mass is 10.0. The molecule has 2 N–H and O–H groups in total. The molecule has 2 unspecified atom stereocenters. The predicted molar refractivity (Wildman–Crippen MR) is 97.0 cm³/mol. The Morgan fingerprint density at radius 1 is 1.04 bits per heavy atom. The van der Waals surface area contributed by atoms with Gasteiger partial charge in [0.15, 0.2) is 6.29 Å². The second kappa shape index (κ2) is 11.5. The Kier molecular flexibility index (Phi) is 9.99. The molecule has 1 aromatic carbocycles. The molecule has 0 bridgehead atoms. The van der Waals surface area contributed by atoms with Crippen molar-refractivity contribution in [3.8, 4) is 5.75 Å². The second-order valence-electron chi connectivity index (χ2n) is 6.66. The van der Waals surface area contributed by atoms with Crippen LogP contribution in [0.25, 0.3) is 0 Å². The third kappa shape index (κ3) is 9.91. The highest BCUT2D eigenvalue weighted by Gasteiger charge is 2.22. The van der Waals surface area contributed by atoms with Gasteiger partial charge in [-0.05, 0) is 37.5 Å². The van der Waals surface area contributed by atoms with E-state index in [0.29, 0.717) is 5.75 Å². The summed E-state index contributed by atoms with van der Waals surface area (Å²) in [7, 11) is 0. The summed E-state index contributed by atoms with van der Waals surface area (Å²) in [5.74, 6) is -0.667. The van der Waals surface area contributed by atoms with Crippen LogP contribution in [0.5, 0.6) is 5.75 Å². The number of hydrogen-bond donors (Lipinski definition) is 2. The minimum absolute atomic E-state index is 0.237. The zero-order valence-electron chi connectivity index (χ0n) is 15.5. The summed E-state index contributed by atoms with van der Waals surface area (Å²) in [6.45, 7) is 5.61. The number of benzene rings is 1. The van der Waals surface area contributed by atoms with Crippen molar-refractivity contribution in [3.63, 3.8) is 0 Å². The van der Waals surface area contributed by atoms with E-state index >= 15 is 0 Å². The Balaban J connectivity index is 2.30. The topological polar surface area (TPSA) is 58.9 Å². The van der Waals surface area contributed by atoms with Crippen LogP contribution in [0, 0.1) is 0 Å². The highest BCUT2D eigenvalue weighted by atomic mass is 16.6. The Bertz CT molecular complexity index is 426. The van der Waals surface area contributed by atoms with Gasteiger partial charge in [0.05, 0.1) is 6.61 Å². The molecule has 0 spiro atoms. The molecular weight excluding hydrogens is 304 g/mol. The summed E-state index contributed by atoms with van der Waals surface area (Å²) in [5, 5.41) is 19.3. The zero-order chi connectivity index (χ0) is 17.8. The van der Waals surface area contributed by atoms with Crippen LogP contribution >= 0.6 is 0 Å². The SMILES string of the molecule is CCCCCCCCc1ccc(OC(C)(O)CCOC(C)O)cc1. The monoisotopic (exact) mass is 338 g/mol. The van der Waals surface area contributed by atoms with Crippen molar-refractivity contribution in [1.82, 2.24) is 0 Å². The summed E-state index contributed by atoms with van der Waals surface area (Å²) in [5.41, 5.74) is 1.30. The summed E-state index contributed by atoms with van der Waals surface area (Å²) < 4.78 is 10.6. The molecule has 0 aliphatic rings. The van der Waals surface area contributed by atoms with E-state index < -0.39 is 12.1 Å². The lowest BCUT2D eigenvalue weighted by molar-refractivity contribution is -0.156. The van der Waals surface area contributed by atoms with Crippen LogP contribution in [0.2, 0.25) is 0 Å². The van der Waals surface area contributed by atoms with Crippen LogP contribution < -0.4 is 4.74 Å². The molecule has 1 aromatic rings. The normalized spacial score (nSPS) is 15.0. The van der Waals surface area contributed by atoms with Crippen molar-refractivity contribution in [1.29, 1.82) is 0 Å². The van der Waals surface area contributed by atoms with Gasteiger partial charge in [0.1, 0.15) is 5.75 Å². The van der Waals surface area contributed by atoms with Crippen LogP contribution in [0.15, 0.2) is 24.3 Å². The fourth-order valence-corrected chi connectivity index (χ4v) is 2.56. The zero-order valence-corrected chi connectivity index (χ0v) is 15.5. The minimum atomic E-state index is -1.31. The summed E-state index contributed by atoms with van der Waals surface area (Å²) >= 11 is 0. The van der Waals surface area contributed by atoms with Crippen molar-refractivity contribution in [2.24, 2.45) is 0 Å². The maximum Gasteiger partial charge on any atom is 0.207 e. The van der Waals surface area contributed by atoms with Crippen molar-refractivity contribution >= 4 is 0 Å². The number of aryl methyl sites for hydroxylation is 1. The first-order chi connectivity index (χ1) is 11.4. The molecular formula is C20H34O4. The van der Waals surface area contributed by atoms with Crippen molar-refractivity contribution in [2.45, 2.75) is 84.2 Å². The van der Waals surface area contributed by atoms with E-state index in [0.717, 1.165) is 6.42 Å². The van der Waals surface area contributed by atoms with Gasteiger partial charge in [-0.2, -0.15) is 0 Å². The third-order valence-corrected chi connectivity index (χ3v) is 4.01. The maximum absolute atomic E-state index is 10.2. The van der Waals surface area contributed by atoms with Gasteiger partial charge < -0.3 is 19.7 Å². The second-order valence-corrected chi connectivity index (χ2v) is 6.66. The first-order valence-electron chi connectivity index (χ1n) is 9.23. The molecule has 0 aliphatic carbocycles. The van der Waals surface area contributed by atoms with Gasteiger partial charge in [0.2, 0.25) is 5.79 Å². The number of rotatable bonds is 13. The molecule has 4 heteroatoms. The van der Waals surface area contributed by atoms with E-state index in [1.807, 2.05) is 12.1 Å². The molecule has 0 saturated carbocycles. The fourth-order valence-electron chi connectivity index (χ4n) is 2.56. The Morgan fingerprint density at radius 2 is 1.67 bits per heavy atom. The lowest BCUT2D eigenvalue weighted by Gasteiger charge is -2.25. The van der Waals surface area contributed by atoms with E-state index in [1.54, 1.807) is 6.92 Å².